The van der Waals surface area contributed by atoms with E-state index in [1.54, 1.807) is 6.07 Å². The van der Waals surface area contributed by atoms with E-state index in [0.29, 0.717) is 19.1 Å². The molecule has 5 heteroatoms. The molecule has 0 bridgehead atoms. The van der Waals surface area contributed by atoms with Crippen molar-refractivity contribution in [3.8, 4) is 11.5 Å². The number of piperidine rings is 1. The van der Waals surface area contributed by atoms with Crippen LogP contribution in [0.4, 0.5) is 4.39 Å². The second-order valence-electron chi connectivity index (χ2n) is 7.01. The number of fused-ring (bicyclic) bond motifs is 1. The summed E-state index contributed by atoms with van der Waals surface area (Å²) in [5.74, 6) is 2.07. The normalized spacial score (nSPS) is 18.2. The third-order valence-corrected chi connectivity index (χ3v) is 5.08. The van der Waals surface area contributed by atoms with Crippen molar-refractivity contribution in [2.24, 2.45) is 5.92 Å². The monoisotopic (exact) mass is 357 g/mol. The van der Waals surface area contributed by atoms with Gasteiger partial charge in [-0.15, -0.1) is 0 Å². The lowest BCUT2D eigenvalue weighted by Crippen LogP contribution is -2.35. The summed E-state index contributed by atoms with van der Waals surface area (Å²) < 4.78 is 30.7. The molecular weight excluding hydrogens is 333 g/mol. The maximum atomic E-state index is 13.9. The van der Waals surface area contributed by atoms with E-state index >= 15 is 0 Å². The number of rotatable bonds is 5. The van der Waals surface area contributed by atoms with Crippen LogP contribution >= 0.6 is 0 Å². The minimum absolute atomic E-state index is 0.223. The van der Waals surface area contributed by atoms with E-state index in [-0.39, 0.29) is 12.6 Å². The van der Waals surface area contributed by atoms with Gasteiger partial charge >= 0.3 is 0 Å². The topological polar surface area (TPSA) is 30.9 Å². The van der Waals surface area contributed by atoms with E-state index in [0.717, 1.165) is 55.2 Å². The van der Waals surface area contributed by atoms with E-state index in [1.165, 1.54) is 6.07 Å². The van der Waals surface area contributed by atoms with Gasteiger partial charge in [-0.2, -0.15) is 0 Å². The standard InChI is InChI=1S/C21H24FNO3/c22-19-10-17(21-18(11-19)14-24-15-26-21)12-23-8-6-16(7-9-23)13-25-20-4-2-1-3-5-20/h1-5,10-11,16H,6-9,12-15H2. The Hall–Kier alpha value is -2.11. The second kappa shape index (κ2) is 8.06. The average Bonchev–Trinajstić information content (AvgIpc) is 2.68. The van der Waals surface area contributed by atoms with Gasteiger partial charge in [0.25, 0.3) is 0 Å². The molecule has 0 amide bonds. The zero-order chi connectivity index (χ0) is 17.8. The number of ether oxygens (including phenoxy) is 3. The molecule has 2 aromatic carbocycles. The minimum atomic E-state index is -0.223. The van der Waals surface area contributed by atoms with Gasteiger partial charge in [0.05, 0.1) is 13.2 Å². The number of likely N-dealkylation sites (tertiary alicyclic amines) is 1. The molecule has 2 aromatic rings. The summed E-state index contributed by atoms with van der Waals surface area (Å²) in [6, 6.07) is 13.1. The van der Waals surface area contributed by atoms with Crippen molar-refractivity contribution in [2.75, 3.05) is 26.5 Å². The van der Waals surface area contributed by atoms with Crippen LogP contribution < -0.4 is 9.47 Å². The smallest absolute Gasteiger partial charge is 0.189 e. The molecule has 4 nitrogen and oxygen atoms in total. The molecule has 0 radical (unpaired) electrons. The first kappa shape index (κ1) is 17.3. The Morgan fingerprint density at radius 1 is 1.12 bits per heavy atom. The lowest BCUT2D eigenvalue weighted by molar-refractivity contribution is -0.0178. The Bertz CT molecular complexity index is 730. The van der Waals surface area contributed by atoms with Crippen LogP contribution in [0.1, 0.15) is 24.0 Å². The number of nitrogens with zero attached hydrogens (tertiary/aromatic N) is 1. The number of benzene rings is 2. The van der Waals surface area contributed by atoms with Gasteiger partial charge in [0.15, 0.2) is 6.79 Å². The molecule has 0 saturated carbocycles. The second-order valence-corrected chi connectivity index (χ2v) is 7.01. The van der Waals surface area contributed by atoms with Crippen molar-refractivity contribution in [1.82, 2.24) is 4.90 Å². The first-order chi connectivity index (χ1) is 12.8. The first-order valence-electron chi connectivity index (χ1n) is 9.20. The van der Waals surface area contributed by atoms with Crippen molar-refractivity contribution < 1.29 is 18.6 Å². The fourth-order valence-corrected chi connectivity index (χ4v) is 3.66. The fourth-order valence-electron chi connectivity index (χ4n) is 3.66. The number of hydrogen-bond donors (Lipinski definition) is 0. The number of para-hydroxylation sites is 1. The largest absolute Gasteiger partial charge is 0.493 e. The van der Waals surface area contributed by atoms with Crippen LogP contribution in [-0.4, -0.2) is 31.4 Å². The third kappa shape index (κ3) is 4.17. The summed E-state index contributed by atoms with van der Waals surface area (Å²) in [6.45, 7) is 4.11. The van der Waals surface area contributed by atoms with Crippen LogP contribution in [0, 0.1) is 11.7 Å². The molecule has 2 aliphatic heterocycles. The number of halogens is 1. The Labute approximate surface area is 153 Å². The van der Waals surface area contributed by atoms with Crippen molar-refractivity contribution in [1.29, 1.82) is 0 Å². The zero-order valence-electron chi connectivity index (χ0n) is 14.8. The van der Waals surface area contributed by atoms with E-state index in [2.05, 4.69) is 4.90 Å². The molecule has 1 saturated heterocycles. The molecule has 0 aliphatic carbocycles. The fraction of sp³-hybridized carbons (Fsp3) is 0.429. The molecule has 0 spiro atoms. The highest BCUT2D eigenvalue weighted by Gasteiger charge is 2.23. The quantitative estimate of drug-likeness (QED) is 0.810. The Kier molecular flexibility index (Phi) is 5.37. The molecule has 2 heterocycles. The summed E-state index contributed by atoms with van der Waals surface area (Å²) in [7, 11) is 0. The molecule has 0 aromatic heterocycles. The first-order valence-corrected chi connectivity index (χ1v) is 9.20. The van der Waals surface area contributed by atoms with Gasteiger partial charge in [0, 0.05) is 17.7 Å². The highest BCUT2D eigenvalue weighted by Crippen LogP contribution is 2.31. The average molecular weight is 357 g/mol. The van der Waals surface area contributed by atoms with E-state index in [4.69, 9.17) is 14.2 Å². The van der Waals surface area contributed by atoms with Gasteiger partial charge in [0.2, 0.25) is 0 Å². The molecule has 138 valence electrons. The zero-order valence-corrected chi connectivity index (χ0v) is 14.8. The molecule has 2 aliphatic rings. The summed E-state index contributed by atoms with van der Waals surface area (Å²) in [5, 5.41) is 0. The Morgan fingerprint density at radius 3 is 2.73 bits per heavy atom. The van der Waals surface area contributed by atoms with Gasteiger partial charge in [-0.1, -0.05) is 18.2 Å². The lowest BCUT2D eigenvalue weighted by atomic mass is 9.97. The maximum Gasteiger partial charge on any atom is 0.189 e. The predicted molar refractivity (Wildman–Crippen MR) is 96.6 cm³/mol. The highest BCUT2D eigenvalue weighted by atomic mass is 19.1. The van der Waals surface area contributed by atoms with Crippen molar-refractivity contribution in [3.63, 3.8) is 0 Å². The summed E-state index contributed by atoms with van der Waals surface area (Å²) in [5.41, 5.74) is 1.72. The van der Waals surface area contributed by atoms with Gasteiger partial charge in [-0.25, -0.2) is 4.39 Å². The number of hydrogen-bond acceptors (Lipinski definition) is 4. The van der Waals surface area contributed by atoms with Crippen molar-refractivity contribution >= 4 is 0 Å². The Morgan fingerprint density at radius 2 is 1.92 bits per heavy atom. The third-order valence-electron chi connectivity index (χ3n) is 5.08. The SMILES string of the molecule is Fc1cc2c(c(CN3CCC(COc4ccccc4)CC3)c1)OCOC2. The van der Waals surface area contributed by atoms with E-state index in [1.807, 2.05) is 30.3 Å². The highest BCUT2D eigenvalue weighted by molar-refractivity contribution is 5.42. The predicted octanol–water partition coefficient (Wildman–Crippen LogP) is 3.98. The molecule has 26 heavy (non-hydrogen) atoms. The van der Waals surface area contributed by atoms with E-state index < -0.39 is 0 Å². The van der Waals surface area contributed by atoms with Gasteiger partial charge < -0.3 is 14.2 Å². The summed E-state index contributed by atoms with van der Waals surface area (Å²) >= 11 is 0. The van der Waals surface area contributed by atoms with Crippen LogP contribution in [0.15, 0.2) is 42.5 Å². The van der Waals surface area contributed by atoms with Crippen LogP contribution in [0.3, 0.4) is 0 Å². The van der Waals surface area contributed by atoms with Crippen LogP contribution in [0.25, 0.3) is 0 Å². The van der Waals surface area contributed by atoms with Gasteiger partial charge in [-0.05, 0) is 56.1 Å². The van der Waals surface area contributed by atoms with Crippen molar-refractivity contribution in [3.05, 3.63) is 59.4 Å². The molecule has 0 unspecified atom stereocenters. The molecule has 1 fully saturated rings. The maximum absolute atomic E-state index is 13.9. The molecule has 0 atom stereocenters. The minimum Gasteiger partial charge on any atom is -0.493 e. The lowest BCUT2D eigenvalue weighted by Gasteiger charge is -2.32. The summed E-state index contributed by atoms with van der Waals surface area (Å²) in [6.07, 6.45) is 2.18. The van der Waals surface area contributed by atoms with Crippen LogP contribution in [-0.2, 0) is 17.9 Å². The van der Waals surface area contributed by atoms with Gasteiger partial charge in [-0.3, -0.25) is 4.90 Å². The molecule has 0 N–H and O–H groups in total. The molecule has 4 rings (SSSR count). The Balaban J connectivity index is 1.31. The molecular formula is C21H24FNO3. The van der Waals surface area contributed by atoms with E-state index in [9.17, 15) is 4.39 Å². The van der Waals surface area contributed by atoms with Crippen LogP contribution in [0.5, 0.6) is 11.5 Å². The van der Waals surface area contributed by atoms with Gasteiger partial charge in [0.1, 0.15) is 17.3 Å². The van der Waals surface area contributed by atoms with Crippen molar-refractivity contribution in [2.45, 2.75) is 26.0 Å². The summed E-state index contributed by atoms with van der Waals surface area (Å²) in [4.78, 5) is 2.37. The van der Waals surface area contributed by atoms with Crippen LogP contribution in [0.2, 0.25) is 0 Å².